The second-order valence-electron chi connectivity index (χ2n) is 5.30. The number of carbonyl (C=O) groups is 1. The van der Waals surface area contributed by atoms with Crippen molar-refractivity contribution in [2.45, 2.75) is 44.6 Å². The summed E-state index contributed by atoms with van der Waals surface area (Å²) in [5.74, 6) is -0.349. The molecular formula is C16H20N2O3S. The SMILES string of the molecule is O=NC(CCCCCCC(=O)NO)c1cc2ccccc2s1. The van der Waals surface area contributed by atoms with Crippen molar-refractivity contribution in [1.82, 2.24) is 5.48 Å². The van der Waals surface area contributed by atoms with Crippen molar-refractivity contribution in [3.8, 4) is 0 Å². The Kier molecular flexibility index (Phi) is 6.48. The van der Waals surface area contributed by atoms with Crippen LogP contribution >= 0.6 is 11.3 Å². The lowest BCUT2D eigenvalue weighted by atomic mass is 10.1. The van der Waals surface area contributed by atoms with Crippen molar-refractivity contribution in [3.63, 3.8) is 0 Å². The van der Waals surface area contributed by atoms with Gasteiger partial charge in [0.25, 0.3) is 0 Å². The van der Waals surface area contributed by atoms with E-state index in [-0.39, 0.29) is 11.9 Å². The fourth-order valence-corrected chi connectivity index (χ4v) is 3.57. The van der Waals surface area contributed by atoms with E-state index in [0.29, 0.717) is 6.42 Å². The highest BCUT2D eigenvalue weighted by atomic mass is 32.1. The van der Waals surface area contributed by atoms with Gasteiger partial charge in [-0.2, -0.15) is 4.91 Å². The first-order valence-corrected chi connectivity index (χ1v) is 8.30. The number of rotatable bonds is 9. The Balaban J connectivity index is 1.77. The van der Waals surface area contributed by atoms with E-state index in [2.05, 4.69) is 17.3 Å². The zero-order chi connectivity index (χ0) is 15.8. The van der Waals surface area contributed by atoms with Crippen LogP contribution in [0, 0.1) is 4.91 Å². The molecule has 0 spiro atoms. The number of hydroxylamine groups is 1. The molecule has 0 saturated carbocycles. The van der Waals surface area contributed by atoms with E-state index in [0.717, 1.165) is 42.4 Å². The predicted molar refractivity (Wildman–Crippen MR) is 88.0 cm³/mol. The van der Waals surface area contributed by atoms with E-state index in [1.54, 1.807) is 16.8 Å². The van der Waals surface area contributed by atoms with Crippen LogP contribution in [-0.4, -0.2) is 11.1 Å². The average molecular weight is 320 g/mol. The molecule has 22 heavy (non-hydrogen) atoms. The van der Waals surface area contributed by atoms with Crippen molar-refractivity contribution >= 4 is 27.3 Å². The van der Waals surface area contributed by atoms with Crippen molar-refractivity contribution in [3.05, 3.63) is 40.1 Å². The van der Waals surface area contributed by atoms with Gasteiger partial charge in [-0.05, 0) is 30.4 Å². The number of unbranched alkanes of at least 4 members (excludes halogenated alkanes) is 3. The number of benzene rings is 1. The fraction of sp³-hybridized carbons (Fsp3) is 0.438. The topological polar surface area (TPSA) is 78.8 Å². The summed E-state index contributed by atoms with van der Waals surface area (Å²) in [5, 5.41) is 12.8. The monoisotopic (exact) mass is 320 g/mol. The first-order valence-electron chi connectivity index (χ1n) is 7.48. The number of carbonyl (C=O) groups excluding carboxylic acids is 1. The van der Waals surface area contributed by atoms with Crippen LogP contribution in [0.3, 0.4) is 0 Å². The van der Waals surface area contributed by atoms with Gasteiger partial charge in [0.2, 0.25) is 5.91 Å². The van der Waals surface area contributed by atoms with Gasteiger partial charge in [0.15, 0.2) is 0 Å². The molecule has 2 N–H and O–H groups in total. The highest BCUT2D eigenvalue weighted by Crippen LogP contribution is 2.34. The van der Waals surface area contributed by atoms with Crippen LogP contribution in [0.2, 0.25) is 0 Å². The molecule has 0 bridgehead atoms. The normalized spacial score (nSPS) is 12.2. The maximum Gasteiger partial charge on any atom is 0.243 e. The molecule has 1 atom stereocenters. The van der Waals surface area contributed by atoms with Gasteiger partial charge in [-0.1, -0.05) is 42.6 Å². The summed E-state index contributed by atoms with van der Waals surface area (Å²) in [6.45, 7) is 0. The number of nitrogens with zero attached hydrogens (tertiary/aromatic N) is 1. The highest BCUT2D eigenvalue weighted by Gasteiger charge is 2.14. The lowest BCUT2D eigenvalue weighted by Gasteiger charge is -2.06. The van der Waals surface area contributed by atoms with Crippen LogP contribution in [0.15, 0.2) is 35.5 Å². The van der Waals surface area contributed by atoms with Gasteiger partial charge in [0, 0.05) is 16.0 Å². The van der Waals surface area contributed by atoms with E-state index in [9.17, 15) is 9.70 Å². The summed E-state index contributed by atoms with van der Waals surface area (Å²) in [6, 6.07) is 9.86. The van der Waals surface area contributed by atoms with Gasteiger partial charge in [0.1, 0.15) is 6.04 Å². The van der Waals surface area contributed by atoms with Gasteiger partial charge in [-0.15, -0.1) is 11.3 Å². The number of hydrogen-bond donors (Lipinski definition) is 2. The molecule has 1 unspecified atom stereocenters. The third kappa shape index (κ3) is 4.61. The van der Waals surface area contributed by atoms with E-state index in [1.807, 2.05) is 18.2 Å². The number of nitrogens with one attached hydrogen (secondary N) is 1. The Morgan fingerprint density at radius 3 is 2.73 bits per heavy atom. The predicted octanol–water partition coefficient (Wildman–Crippen LogP) is 4.55. The van der Waals surface area contributed by atoms with E-state index in [4.69, 9.17) is 5.21 Å². The Labute approximate surface area is 133 Å². The first-order chi connectivity index (χ1) is 10.7. The molecular weight excluding hydrogens is 300 g/mol. The zero-order valence-electron chi connectivity index (χ0n) is 12.3. The molecule has 5 nitrogen and oxygen atoms in total. The number of nitroso groups, excluding NO2 is 1. The molecule has 0 aliphatic rings. The van der Waals surface area contributed by atoms with Crippen molar-refractivity contribution in [2.24, 2.45) is 5.18 Å². The van der Waals surface area contributed by atoms with Crippen LogP contribution in [-0.2, 0) is 4.79 Å². The van der Waals surface area contributed by atoms with E-state index in [1.165, 1.54) is 4.70 Å². The smallest absolute Gasteiger partial charge is 0.243 e. The molecule has 0 aliphatic carbocycles. The maximum atomic E-state index is 11.1. The molecule has 1 heterocycles. The van der Waals surface area contributed by atoms with Gasteiger partial charge < -0.3 is 0 Å². The first kappa shape index (κ1) is 16.6. The third-order valence-corrected chi connectivity index (χ3v) is 4.87. The molecule has 0 saturated heterocycles. The molecule has 1 amide bonds. The second kappa shape index (κ2) is 8.60. The van der Waals surface area contributed by atoms with Crippen molar-refractivity contribution in [2.75, 3.05) is 0 Å². The lowest BCUT2D eigenvalue weighted by molar-refractivity contribution is -0.129. The number of fused-ring (bicyclic) bond motifs is 1. The quantitative estimate of drug-likeness (QED) is 0.308. The Hall–Kier alpha value is -1.79. The molecule has 6 heteroatoms. The summed E-state index contributed by atoms with van der Waals surface area (Å²) in [5.41, 5.74) is 1.62. The Morgan fingerprint density at radius 2 is 2.00 bits per heavy atom. The van der Waals surface area contributed by atoms with Gasteiger partial charge >= 0.3 is 0 Å². The maximum absolute atomic E-state index is 11.1. The van der Waals surface area contributed by atoms with Crippen LogP contribution < -0.4 is 5.48 Å². The number of amides is 1. The minimum atomic E-state index is -0.349. The molecule has 118 valence electrons. The Bertz CT molecular complexity index is 594. The van der Waals surface area contributed by atoms with Crippen LogP contribution in [0.4, 0.5) is 0 Å². The summed E-state index contributed by atoms with van der Waals surface area (Å²) in [7, 11) is 0. The Morgan fingerprint density at radius 1 is 1.23 bits per heavy atom. The summed E-state index contributed by atoms with van der Waals surface area (Å²) in [6.07, 6.45) is 4.59. The largest absolute Gasteiger partial charge is 0.289 e. The summed E-state index contributed by atoms with van der Waals surface area (Å²) in [4.78, 5) is 23.0. The lowest BCUT2D eigenvalue weighted by Crippen LogP contribution is -2.17. The van der Waals surface area contributed by atoms with Crippen molar-refractivity contribution in [1.29, 1.82) is 0 Å². The van der Waals surface area contributed by atoms with Crippen LogP contribution in [0.25, 0.3) is 10.1 Å². The summed E-state index contributed by atoms with van der Waals surface area (Å²) >= 11 is 1.63. The minimum Gasteiger partial charge on any atom is -0.289 e. The number of thiophene rings is 1. The fourth-order valence-electron chi connectivity index (χ4n) is 2.45. The molecule has 2 aromatic rings. The molecule has 1 aromatic heterocycles. The van der Waals surface area contributed by atoms with Gasteiger partial charge in [-0.25, -0.2) is 5.48 Å². The molecule has 2 rings (SSSR count). The van der Waals surface area contributed by atoms with Crippen LogP contribution in [0.5, 0.6) is 0 Å². The third-order valence-electron chi connectivity index (χ3n) is 3.66. The van der Waals surface area contributed by atoms with E-state index < -0.39 is 0 Å². The second-order valence-corrected chi connectivity index (χ2v) is 6.41. The van der Waals surface area contributed by atoms with Gasteiger partial charge in [0.05, 0.1) is 0 Å². The standard InChI is InChI=1S/C16H20N2O3S/c19-16(18-21)10-4-2-1-3-8-13(17-20)15-11-12-7-5-6-9-14(12)22-15/h5-7,9,11,13,21H,1-4,8,10H2,(H,18,19). The molecule has 0 fully saturated rings. The zero-order valence-corrected chi connectivity index (χ0v) is 13.1. The number of hydrogen-bond acceptors (Lipinski definition) is 5. The van der Waals surface area contributed by atoms with Gasteiger partial charge in [-0.3, -0.25) is 10.0 Å². The minimum absolute atomic E-state index is 0.279. The highest BCUT2D eigenvalue weighted by molar-refractivity contribution is 7.19. The molecule has 0 aliphatic heterocycles. The van der Waals surface area contributed by atoms with Crippen LogP contribution in [0.1, 0.15) is 49.4 Å². The average Bonchev–Trinajstić information content (AvgIpc) is 2.97. The van der Waals surface area contributed by atoms with Crippen molar-refractivity contribution < 1.29 is 10.0 Å². The van der Waals surface area contributed by atoms with E-state index >= 15 is 0 Å². The summed E-state index contributed by atoms with van der Waals surface area (Å²) < 4.78 is 1.18. The molecule has 0 radical (unpaired) electrons. The molecule has 1 aromatic carbocycles.